The molecule has 2 saturated carbocycles. The van der Waals surface area contributed by atoms with E-state index in [1.807, 2.05) is 58.2 Å². The zero-order chi connectivity index (χ0) is 37.1. The quantitative estimate of drug-likeness (QED) is 0.126. The highest BCUT2D eigenvalue weighted by molar-refractivity contribution is 5.82. The molecule has 14 heteroatoms. The first-order valence-corrected chi connectivity index (χ1v) is 18.4. The van der Waals surface area contributed by atoms with Crippen LogP contribution in [0.25, 0.3) is 11.3 Å². The Morgan fingerprint density at radius 3 is 2.44 bits per heavy atom. The normalized spacial score (nSPS) is 17.3. The van der Waals surface area contributed by atoms with E-state index in [1.54, 1.807) is 10.9 Å². The highest BCUT2D eigenvalue weighted by atomic mass is 19.1. The SMILES string of the molecule is Cn1ncc(-c2nc(NC3CCC(N(CC(=O)NCCCCNCC(=O)OC(C)(C)C)C(=O)OCc4ccccc4)CC3)ncc2F)c1CC1CC1. The molecule has 2 fully saturated rings. The van der Waals surface area contributed by atoms with E-state index in [2.05, 4.69) is 31.0 Å². The number of carbonyl (C=O) groups is 3. The highest BCUT2D eigenvalue weighted by Crippen LogP contribution is 2.36. The van der Waals surface area contributed by atoms with Crippen molar-refractivity contribution < 1.29 is 28.2 Å². The van der Waals surface area contributed by atoms with Gasteiger partial charge in [0, 0.05) is 36.9 Å². The fourth-order valence-electron chi connectivity index (χ4n) is 6.36. The molecule has 3 aromatic rings. The summed E-state index contributed by atoms with van der Waals surface area (Å²) in [6.07, 6.45) is 9.67. The lowest BCUT2D eigenvalue weighted by molar-refractivity contribution is -0.153. The number of benzene rings is 1. The van der Waals surface area contributed by atoms with E-state index in [0.29, 0.717) is 62.6 Å². The minimum Gasteiger partial charge on any atom is -0.459 e. The molecule has 5 rings (SSSR count). The highest BCUT2D eigenvalue weighted by Gasteiger charge is 2.32. The second kappa shape index (κ2) is 18.3. The van der Waals surface area contributed by atoms with Crippen molar-refractivity contribution in [1.82, 2.24) is 35.3 Å². The van der Waals surface area contributed by atoms with Crippen molar-refractivity contribution in [2.45, 2.75) is 103 Å². The van der Waals surface area contributed by atoms with Crippen LogP contribution in [0.4, 0.5) is 15.1 Å². The number of rotatable bonds is 17. The average Bonchev–Trinajstić information content (AvgIpc) is 3.87. The van der Waals surface area contributed by atoms with Crippen molar-refractivity contribution in [2.75, 3.05) is 31.5 Å². The number of amides is 2. The van der Waals surface area contributed by atoms with Gasteiger partial charge in [-0.1, -0.05) is 30.3 Å². The van der Waals surface area contributed by atoms with Crippen LogP contribution in [0.1, 0.15) is 83.4 Å². The van der Waals surface area contributed by atoms with Gasteiger partial charge in [-0.15, -0.1) is 0 Å². The van der Waals surface area contributed by atoms with Crippen molar-refractivity contribution >= 4 is 23.9 Å². The monoisotopic (exact) mass is 720 g/mol. The Labute approximate surface area is 305 Å². The van der Waals surface area contributed by atoms with Gasteiger partial charge in [-0.2, -0.15) is 5.10 Å². The number of aryl methyl sites for hydroxylation is 1. The Bertz CT molecular complexity index is 1630. The van der Waals surface area contributed by atoms with Gasteiger partial charge in [0.25, 0.3) is 0 Å². The standard InChI is InChI=1S/C38H53FN8O5/c1-38(2,3)52-34(49)23-40-18-8-9-19-41-33(48)24-47(37(50)51-25-27-10-6-5-7-11-27)29-16-14-28(15-17-29)44-36-42-22-31(39)35(45-36)30-21-43-46(4)32(30)20-26-12-13-26/h5-7,10-11,21-22,26,28-29,40H,8-9,12-20,23-25H2,1-4H3,(H,41,48)(H,42,44,45). The van der Waals surface area contributed by atoms with Crippen LogP contribution in [-0.4, -0.2) is 86.5 Å². The summed E-state index contributed by atoms with van der Waals surface area (Å²) in [5, 5.41) is 13.7. The third-order valence-corrected chi connectivity index (χ3v) is 9.26. The summed E-state index contributed by atoms with van der Waals surface area (Å²) in [6.45, 7) is 6.66. The smallest absolute Gasteiger partial charge is 0.410 e. The number of nitrogens with one attached hydrogen (secondary N) is 3. The minimum absolute atomic E-state index is 0.00865. The van der Waals surface area contributed by atoms with Crippen LogP contribution < -0.4 is 16.0 Å². The maximum Gasteiger partial charge on any atom is 0.410 e. The number of aromatic nitrogens is 4. The first kappa shape index (κ1) is 38.6. The van der Waals surface area contributed by atoms with Crippen LogP contribution in [0, 0.1) is 11.7 Å². The zero-order valence-corrected chi connectivity index (χ0v) is 30.8. The van der Waals surface area contributed by atoms with Gasteiger partial charge >= 0.3 is 12.1 Å². The number of nitrogens with zero attached hydrogens (tertiary/aromatic N) is 5. The van der Waals surface area contributed by atoms with E-state index < -0.39 is 17.5 Å². The van der Waals surface area contributed by atoms with Gasteiger partial charge in [0.15, 0.2) is 5.82 Å². The molecule has 2 aliphatic carbocycles. The van der Waals surface area contributed by atoms with Crippen LogP contribution in [0.5, 0.6) is 0 Å². The lowest BCUT2D eigenvalue weighted by Crippen LogP contribution is -2.48. The summed E-state index contributed by atoms with van der Waals surface area (Å²) in [7, 11) is 1.87. The van der Waals surface area contributed by atoms with E-state index >= 15 is 0 Å². The fraction of sp³-hybridized carbons (Fsp3) is 0.579. The molecule has 0 aliphatic heterocycles. The van der Waals surface area contributed by atoms with Crippen LogP contribution in [0.15, 0.2) is 42.7 Å². The molecule has 52 heavy (non-hydrogen) atoms. The average molecular weight is 721 g/mol. The molecule has 0 bridgehead atoms. The summed E-state index contributed by atoms with van der Waals surface area (Å²) < 4.78 is 27.8. The molecule has 2 aliphatic rings. The molecule has 282 valence electrons. The van der Waals surface area contributed by atoms with Gasteiger partial charge in [-0.25, -0.2) is 19.2 Å². The predicted octanol–water partition coefficient (Wildman–Crippen LogP) is 5.16. The van der Waals surface area contributed by atoms with E-state index in [1.165, 1.54) is 23.9 Å². The summed E-state index contributed by atoms with van der Waals surface area (Å²) in [5.74, 6) is -0.0979. The predicted molar refractivity (Wildman–Crippen MR) is 195 cm³/mol. The maximum atomic E-state index is 15.0. The Kier molecular flexibility index (Phi) is 13.6. The second-order valence-electron chi connectivity index (χ2n) is 14.8. The van der Waals surface area contributed by atoms with E-state index in [-0.39, 0.29) is 49.4 Å². The van der Waals surface area contributed by atoms with Gasteiger partial charge < -0.3 is 25.4 Å². The number of unbranched alkanes of at least 4 members (excludes halogenated alkanes) is 1. The maximum absolute atomic E-state index is 15.0. The van der Waals surface area contributed by atoms with Crippen LogP contribution in [-0.2, 0) is 39.1 Å². The third kappa shape index (κ3) is 12.0. The molecule has 13 nitrogen and oxygen atoms in total. The summed E-state index contributed by atoms with van der Waals surface area (Å²) >= 11 is 0. The molecule has 1 aromatic carbocycles. The number of esters is 1. The Morgan fingerprint density at radius 2 is 1.73 bits per heavy atom. The van der Waals surface area contributed by atoms with E-state index in [9.17, 15) is 18.8 Å². The van der Waals surface area contributed by atoms with Gasteiger partial charge in [0.1, 0.15) is 24.4 Å². The molecule has 3 N–H and O–H groups in total. The van der Waals surface area contributed by atoms with Crippen LogP contribution in [0.3, 0.4) is 0 Å². The zero-order valence-electron chi connectivity index (χ0n) is 30.8. The largest absolute Gasteiger partial charge is 0.459 e. The second-order valence-corrected chi connectivity index (χ2v) is 14.8. The van der Waals surface area contributed by atoms with Crippen LogP contribution in [0.2, 0.25) is 0 Å². The Morgan fingerprint density at radius 1 is 1.00 bits per heavy atom. The van der Waals surface area contributed by atoms with Crippen molar-refractivity contribution in [2.24, 2.45) is 13.0 Å². The lowest BCUT2D eigenvalue weighted by atomic mass is 9.90. The third-order valence-electron chi connectivity index (χ3n) is 9.26. The molecule has 2 amide bonds. The van der Waals surface area contributed by atoms with Crippen molar-refractivity contribution in [3.63, 3.8) is 0 Å². The van der Waals surface area contributed by atoms with Crippen molar-refractivity contribution in [1.29, 1.82) is 0 Å². The number of hydrogen-bond acceptors (Lipinski definition) is 10. The Balaban J connectivity index is 1.12. The number of anilines is 1. The molecule has 2 heterocycles. The lowest BCUT2D eigenvalue weighted by Gasteiger charge is -2.36. The molecule has 0 unspecified atom stereocenters. The molecule has 0 saturated heterocycles. The van der Waals surface area contributed by atoms with Crippen molar-refractivity contribution in [3.8, 4) is 11.3 Å². The van der Waals surface area contributed by atoms with Gasteiger partial charge in [-0.05, 0) is 96.6 Å². The molecular weight excluding hydrogens is 667 g/mol. The molecule has 0 radical (unpaired) electrons. The van der Waals surface area contributed by atoms with Gasteiger partial charge in [-0.3, -0.25) is 19.2 Å². The fourth-order valence-corrected chi connectivity index (χ4v) is 6.36. The summed E-state index contributed by atoms with van der Waals surface area (Å²) in [6, 6.07) is 9.24. The van der Waals surface area contributed by atoms with Crippen LogP contribution >= 0.6 is 0 Å². The van der Waals surface area contributed by atoms with E-state index in [0.717, 1.165) is 24.1 Å². The van der Waals surface area contributed by atoms with E-state index in [4.69, 9.17) is 9.47 Å². The number of halogens is 1. The summed E-state index contributed by atoms with van der Waals surface area (Å²) in [4.78, 5) is 48.7. The molecular formula is C38H53FN8O5. The van der Waals surface area contributed by atoms with Gasteiger partial charge in [0.05, 0.1) is 18.9 Å². The molecule has 0 spiro atoms. The number of carbonyl (C=O) groups excluding carboxylic acids is 3. The molecule has 2 aromatic heterocycles. The summed E-state index contributed by atoms with van der Waals surface area (Å²) in [5.41, 5.74) is 2.24. The topological polar surface area (TPSA) is 153 Å². The number of hydrogen-bond donors (Lipinski definition) is 3. The molecule has 0 atom stereocenters. The first-order valence-electron chi connectivity index (χ1n) is 18.4. The Hall–Kier alpha value is -4.59. The first-order chi connectivity index (χ1) is 24.9. The minimum atomic E-state index is -0.535. The van der Waals surface area contributed by atoms with Crippen molar-refractivity contribution in [3.05, 3.63) is 59.8 Å². The van der Waals surface area contributed by atoms with Gasteiger partial charge in [0.2, 0.25) is 11.9 Å². The number of ether oxygens (including phenoxy) is 2.